The third-order valence-electron chi connectivity index (χ3n) is 3.01. The molecule has 2 N–H and O–H groups in total. The molecule has 0 radical (unpaired) electrons. The zero-order chi connectivity index (χ0) is 14.1. The summed E-state index contributed by atoms with van der Waals surface area (Å²) in [4.78, 5) is 28.0. The average Bonchev–Trinajstić information content (AvgIpc) is 2.66. The summed E-state index contributed by atoms with van der Waals surface area (Å²) in [7, 11) is 1.72. The predicted molar refractivity (Wildman–Crippen MR) is 75.0 cm³/mol. The minimum Gasteiger partial charge on any atom is -0.336 e. The first kappa shape index (κ1) is 15.5. The number of hydrogen-bond acceptors (Lipinski definition) is 2. The van der Waals surface area contributed by atoms with Crippen LogP contribution in [0.2, 0.25) is 0 Å². The maximum absolute atomic E-state index is 11.5. The molecule has 1 saturated heterocycles. The van der Waals surface area contributed by atoms with Crippen LogP contribution in [0, 0.1) is 0 Å². The molecule has 0 spiro atoms. The summed E-state index contributed by atoms with van der Waals surface area (Å²) in [6.45, 7) is 3.08. The van der Waals surface area contributed by atoms with Crippen molar-refractivity contribution < 1.29 is 9.59 Å². The highest BCUT2D eigenvalue weighted by molar-refractivity contribution is 6.07. The van der Waals surface area contributed by atoms with E-state index in [1.807, 2.05) is 0 Å². The molecule has 0 bridgehead atoms. The summed E-state index contributed by atoms with van der Waals surface area (Å²) in [5, 5.41) is 5.27. The van der Waals surface area contributed by atoms with Crippen molar-refractivity contribution in [2.45, 2.75) is 45.4 Å². The van der Waals surface area contributed by atoms with Crippen LogP contribution in [-0.2, 0) is 4.79 Å². The topological polar surface area (TPSA) is 73.8 Å². The monoisotopic (exact) mass is 268 g/mol. The normalized spacial score (nSPS) is 16.8. The number of nitrogens with one attached hydrogen (secondary N) is 2. The maximum Gasteiger partial charge on any atom is 0.344 e. The number of carbonyl (C=O) groups is 2. The number of aliphatic imine (C=N–C) groups is 1. The van der Waals surface area contributed by atoms with E-state index < -0.39 is 6.03 Å². The van der Waals surface area contributed by atoms with Crippen molar-refractivity contribution in [2.75, 3.05) is 20.1 Å². The van der Waals surface area contributed by atoms with Gasteiger partial charge in [-0.25, -0.2) is 4.79 Å². The van der Waals surface area contributed by atoms with Gasteiger partial charge in [0.1, 0.15) is 0 Å². The van der Waals surface area contributed by atoms with Crippen LogP contribution in [0.15, 0.2) is 4.99 Å². The minimum atomic E-state index is -0.391. The van der Waals surface area contributed by atoms with Gasteiger partial charge in [-0.15, -0.1) is 0 Å². The molecular formula is C13H24N4O2. The van der Waals surface area contributed by atoms with Gasteiger partial charge in [-0.1, -0.05) is 39.0 Å². The third kappa shape index (κ3) is 6.22. The molecule has 0 aromatic carbocycles. The number of rotatable bonds is 7. The zero-order valence-corrected chi connectivity index (χ0v) is 11.9. The third-order valence-corrected chi connectivity index (χ3v) is 3.01. The number of likely N-dealkylation sites (N-methyl/N-ethyl adjacent to an activating group) is 1. The summed E-state index contributed by atoms with van der Waals surface area (Å²) in [6.07, 6.45) is 7.12. The molecule has 19 heavy (non-hydrogen) atoms. The van der Waals surface area contributed by atoms with E-state index in [0.717, 1.165) is 12.8 Å². The quantitative estimate of drug-likeness (QED) is 0.687. The number of unbranched alkanes of at least 4 members (excludes halogenated alkanes) is 5. The van der Waals surface area contributed by atoms with Crippen molar-refractivity contribution in [3.05, 3.63) is 0 Å². The molecule has 0 aromatic rings. The number of amides is 3. The van der Waals surface area contributed by atoms with Gasteiger partial charge in [-0.2, -0.15) is 4.99 Å². The highest BCUT2D eigenvalue weighted by atomic mass is 16.2. The number of carbonyl (C=O) groups excluding carboxylic acids is 2. The van der Waals surface area contributed by atoms with Crippen LogP contribution in [0.4, 0.5) is 4.79 Å². The molecule has 108 valence electrons. The van der Waals surface area contributed by atoms with Crippen LogP contribution >= 0.6 is 0 Å². The second-order valence-electron chi connectivity index (χ2n) is 4.84. The SMILES string of the molecule is CCCCCCCCNC(=O)N=C1NC(=O)CN1C. The summed E-state index contributed by atoms with van der Waals surface area (Å²) in [5.74, 6) is 0.190. The summed E-state index contributed by atoms with van der Waals surface area (Å²) < 4.78 is 0. The van der Waals surface area contributed by atoms with E-state index >= 15 is 0 Å². The molecule has 1 heterocycles. The molecule has 0 saturated carbocycles. The van der Waals surface area contributed by atoms with Crippen LogP contribution in [0.3, 0.4) is 0 Å². The van der Waals surface area contributed by atoms with Crippen LogP contribution in [0.1, 0.15) is 45.4 Å². The molecule has 0 aliphatic carbocycles. The minimum absolute atomic E-state index is 0.134. The Hall–Kier alpha value is -1.59. The largest absolute Gasteiger partial charge is 0.344 e. The second kappa shape index (κ2) is 8.50. The molecule has 3 amide bonds. The van der Waals surface area contributed by atoms with E-state index in [4.69, 9.17) is 0 Å². The van der Waals surface area contributed by atoms with Gasteiger partial charge in [0.15, 0.2) is 0 Å². The summed E-state index contributed by atoms with van der Waals surface area (Å²) in [5.41, 5.74) is 0. The van der Waals surface area contributed by atoms with Crippen molar-refractivity contribution in [1.29, 1.82) is 0 Å². The average molecular weight is 268 g/mol. The van der Waals surface area contributed by atoms with E-state index in [-0.39, 0.29) is 12.5 Å². The fourth-order valence-corrected chi connectivity index (χ4v) is 1.90. The summed E-state index contributed by atoms with van der Waals surface area (Å²) >= 11 is 0. The van der Waals surface area contributed by atoms with E-state index in [2.05, 4.69) is 22.5 Å². The van der Waals surface area contributed by atoms with E-state index in [1.54, 1.807) is 11.9 Å². The Bertz CT molecular complexity index is 342. The molecule has 6 nitrogen and oxygen atoms in total. The Morgan fingerprint density at radius 1 is 1.32 bits per heavy atom. The van der Waals surface area contributed by atoms with Crippen molar-refractivity contribution >= 4 is 17.9 Å². The van der Waals surface area contributed by atoms with Crippen LogP contribution < -0.4 is 10.6 Å². The smallest absolute Gasteiger partial charge is 0.336 e. The first-order chi connectivity index (χ1) is 9.13. The molecule has 1 fully saturated rings. The number of urea groups is 1. The van der Waals surface area contributed by atoms with Gasteiger partial charge in [0.2, 0.25) is 11.9 Å². The molecule has 0 atom stereocenters. The molecule has 1 rings (SSSR count). The van der Waals surface area contributed by atoms with Gasteiger partial charge in [0, 0.05) is 13.6 Å². The molecule has 1 aliphatic rings. The lowest BCUT2D eigenvalue weighted by Crippen LogP contribution is -2.31. The van der Waals surface area contributed by atoms with Crippen molar-refractivity contribution in [3.63, 3.8) is 0 Å². The van der Waals surface area contributed by atoms with Crippen molar-refractivity contribution in [1.82, 2.24) is 15.5 Å². The van der Waals surface area contributed by atoms with Gasteiger partial charge in [-0.05, 0) is 6.42 Å². The highest BCUT2D eigenvalue weighted by Crippen LogP contribution is 2.04. The second-order valence-corrected chi connectivity index (χ2v) is 4.84. The Morgan fingerprint density at radius 2 is 2.00 bits per heavy atom. The molecule has 0 unspecified atom stereocenters. The van der Waals surface area contributed by atoms with E-state index in [9.17, 15) is 9.59 Å². The fourth-order valence-electron chi connectivity index (χ4n) is 1.90. The molecule has 6 heteroatoms. The summed E-state index contributed by atoms with van der Waals surface area (Å²) in [6, 6.07) is -0.391. The molecule has 0 aromatic heterocycles. The Morgan fingerprint density at radius 3 is 2.63 bits per heavy atom. The standard InChI is InChI=1S/C13H24N4O2/c1-3-4-5-6-7-8-9-14-13(19)16-12-15-11(18)10-17(12)2/h3-10H2,1-2H3,(H2,14,15,16,18,19). The van der Waals surface area contributed by atoms with E-state index in [1.165, 1.54) is 25.7 Å². The lowest BCUT2D eigenvalue weighted by Gasteiger charge is -2.08. The maximum atomic E-state index is 11.5. The Labute approximate surface area is 114 Å². The highest BCUT2D eigenvalue weighted by Gasteiger charge is 2.21. The lowest BCUT2D eigenvalue weighted by molar-refractivity contribution is -0.118. The Balaban J connectivity index is 2.11. The van der Waals surface area contributed by atoms with Gasteiger partial charge < -0.3 is 10.2 Å². The van der Waals surface area contributed by atoms with E-state index in [0.29, 0.717) is 12.5 Å². The van der Waals surface area contributed by atoms with Gasteiger partial charge in [-0.3, -0.25) is 10.1 Å². The molecule has 1 aliphatic heterocycles. The van der Waals surface area contributed by atoms with Crippen molar-refractivity contribution in [2.24, 2.45) is 4.99 Å². The predicted octanol–water partition coefficient (Wildman–Crippen LogP) is 1.47. The van der Waals surface area contributed by atoms with Crippen LogP contribution in [0.5, 0.6) is 0 Å². The lowest BCUT2D eigenvalue weighted by atomic mass is 10.1. The van der Waals surface area contributed by atoms with Gasteiger partial charge in [0.05, 0.1) is 6.54 Å². The molecular weight excluding hydrogens is 244 g/mol. The first-order valence-electron chi connectivity index (χ1n) is 7.01. The first-order valence-corrected chi connectivity index (χ1v) is 7.01. The Kier molecular flexibility index (Phi) is 6.92. The number of nitrogens with zero attached hydrogens (tertiary/aromatic N) is 2. The van der Waals surface area contributed by atoms with Crippen LogP contribution in [0.25, 0.3) is 0 Å². The van der Waals surface area contributed by atoms with Crippen LogP contribution in [-0.4, -0.2) is 42.9 Å². The van der Waals surface area contributed by atoms with Crippen molar-refractivity contribution in [3.8, 4) is 0 Å². The van der Waals surface area contributed by atoms with Gasteiger partial charge >= 0.3 is 6.03 Å². The fraction of sp³-hybridized carbons (Fsp3) is 0.769. The zero-order valence-electron chi connectivity index (χ0n) is 11.9. The van der Waals surface area contributed by atoms with Gasteiger partial charge in [0.25, 0.3) is 0 Å². The number of guanidine groups is 1. The number of hydrogen-bond donors (Lipinski definition) is 2.